The van der Waals surface area contributed by atoms with Gasteiger partial charge >= 0.3 is 0 Å². The molecule has 1 saturated heterocycles. The van der Waals surface area contributed by atoms with Crippen molar-refractivity contribution in [3.63, 3.8) is 0 Å². The van der Waals surface area contributed by atoms with Gasteiger partial charge in [-0.15, -0.1) is 0 Å². The van der Waals surface area contributed by atoms with Gasteiger partial charge in [-0.2, -0.15) is 0 Å². The van der Waals surface area contributed by atoms with Gasteiger partial charge in [-0.1, -0.05) is 30.3 Å². The Morgan fingerprint density at radius 2 is 2.21 bits per heavy atom. The number of ether oxygens (including phenoxy) is 1. The van der Waals surface area contributed by atoms with E-state index in [-0.39, 0.29) is 18.1 Å². The second-order valence-corrected chi connectivity index (χ2v) is 5.12. The minimum atomic E-state index is 0.0483. The minimum absolute atomic E-state index is 0.0483. The Morgan fingerprint density at radius 1 is 1.47 bits per heavy atom. The summed E-state index contributed by atoms with van der Waals surface area (Å²) in [6.07, 6.45) is 0.216. The van der Waals surface area contributed by atoms with Crippen LogP contribution in [0, 0.1) is 0 Å². The smallest absolute Gasteiger partial charge is 0.234 e. The summed E-state index contributed by atoms with van der Waals surface area (Å²) in [5.41, 5.74) is 1.13. The predicted molar refractivity (Wildman–Crippen MR) is 74.9 cm³/mol. The van der Waals surface area contributed by atoms with Crippen molar-refractivity contribution in [3.8, 4) is 0 Å². The summed E-state index contributed by atoms with van der Waals surface area (Å²) >= 11 is 0. The second kappa shape index (κ2) is 6.68. The summed E-state index contributed by atoms with van der Waals surface area (Å²) in [7, 11) is 0. The lowest BCUT2D eigenvalue weighted by molar-refractivity contribution is -0.124. The zero-order valence-electron chi connectivity index (χ0n) is 11.6. The SMILES string of the molecule is C[C@H](NC(=O)CN1CCO[C@@H](C)C1)c1ccccc1. The summed E-state index contributed by atoms with van der Waals surface area (Å²) in [4.78, 5) is 14.1. The lowest BCUT2D eigenvalue weighted by Crippen LogP contribution is -2.46. The maximum absolute atomic E-state index is 12.0. The molecule has 4 nitrogen and oxygen atoms in total. The van der Waals surface area contributed by atoms with Gasteiger partial charge in [0.1, 0.15) is 0 Å². The van der Waals surface area contributed by atoms with Crippen LogP contribution in [-0.4, -0.2) is 43.2 Å². The average Bonchev–Trinajstić information content (AvgIpc) is 2.39. The van der Waals surface area contributed by atoms with Gasteiger partial charge in [0, 0.05) is 13.1 Å². The number of amides is 1. The predicted octanol–water partition coefficient (Wildman–Crippen LogP) is 1.58. The highest BCUT2D eigenvalue weighted by Crippen LogP contribution is 2.11. The van der Waals surface area contributed by atoms with Gasteiger partial charge in [0.15, 0.2) is 0 Å². The standard InChI is InChI=1S/C15H22N2O2/c1-12-10-17(8-9-19-12)11-15(18)16-13(2)14-6-4-3-5-7-14/h3-7,12-13H,8-11H2,1-2H3,(H,16,18)/t12-,13-/m0/s1. The number of carbonyl (C=O) groups is 1. The Kier molecular flexibility index (Phi) is 4.93. The molecule has 2 atom stereocenters. The van der Waals surface area contributed by atoms with Crippen molar-refractivity contribution in [1.82, 2.24) is 10.2 Å². The number of hydrogen-bond acceptors (Lipinski definition) is 3. The van der Waals surface area contributed by atoms with E-state index in [4.69, 9.17) is 4.74 Å². The molecule has 1 N–H and O–H groups in total. The van der Waals surface area contributed by atoms with E-state index >= 15 is 0 Å². The Hall–Kier alpha value is -1.39. The van der Waals surface area contributed by atoms with E-state index in [1.54, 1.807) is 0 Å². The minimum Gasteiger partial charge on any atom is -0.376 e. The van der Waals surface area contributed by atoms with Gasteiger partial charge in [-0.25, -0.2) is 0 Å². The summed E-state index contributed by atoms with van der Waals surface area (Å²) in [5.74, 6) is 0.0745. The van der Waals surface area contributed by atoms with Crippen LogP contribution in [-0.2, 0) is 9.53 Å². The van der Waals surface area contributed by atoms with Crippen molar-refractivity contribution in [2.45, 2.75) is 26.0 Å². The van der Waals surface area contributed by atoms with Crippen molar-refractivity contribution in [2.24, 2.45) is 0 Å². The van der Waals surface area contributed by atoms with E-state index in [2.05, 4.69) is 10.2 Å². The molecule has 0 spiro atoms. The Labute approximate surface area is 114 Å². The summed E-state index contributed by atoms with van der Waals surface area (Å²) in [6, 6.07) is 10.1. The van der Waals surface area contributed by atoms with E-state index in [9.17, 15) is 4.79 Å². The molecular formula is C15H22N2O2. The topological polar surface area (TPSA) is 41.6 Å². The highest BCUT2D eigenvalue weighted by atomic mass is 16.5. The molecule has 0 bridgehead atoms. The van der Waals surface area contributed by atoms with Crippen molar-refractivity contribution in [2.75, 3.05) is 26.2 Å². The number of hydrogen-bond donors (Lipinski definition) is 1. The first-order valence-corrected chi connectivity index (χ1v) is 6.83. The molecule has 0 saturated carbocycles. The molecule has 0 radical (unpaired) electrons. The monoisotopic (exact) mass is 262 g/mol. The first-order chi connectivity index (χ1) is 9.15. The molecule has 0 unspecified atom stereocenters. The van der Waals surface area contributed by atoms with Crippen LogP contribution in [0.5, 0.6) is 0 Å². The molecule has 1 fully saturated rings. The fraction of sp³-hybridized carbons (Fsp3) is 0.533. The highest BCUT2D eigenvalue weighted by Gasteiger charge is 2.19. The molecular weight excluding hydrogens is 240 g/mol. The Morgan fingerprint density at radius 3 is 2.89 bits per heavy atom. The summed E-state index contributed by atoms with van der Waals surface area (Å²) in [5, 5.41) is 3.04. The quantitative estimate of drug-likeness (QED) is 0.896. The Balaban J connectivity index is 1.81. The third-order valence-electron chi connectivity index (χ3n) is 3.37. The molecule has 1 aliphatic heterocycles. The average molecular weight is 262 g/mol. The fourth-order valence-corrected chi connectivity index (χ4v) is 2.35. The molecule has 1 amide bonds. The Bertz CT molecular complexity index is 408. The van der Waals surface area contributed by atoms with Crippen LogP contribution in [0.3, 0.4) is 0 Å². The van der Waals surface area contributed by atoms with Crippen LogP contribution in [0.4, 0.5) is 0 Å². The largest absolute Gasteiger partial charge is 0.376 e. The molecule has 1 heterocycles. The van der Waals surface area contributed by atoms with Gasteiger partial charge in [-0.05, 0) is 19.4 Å². The molecule has 2 rings (SSSR count). The van der Waals surface area contributed by atoms with Crippen LogP contribution in [0.1, 0.15) is 25.5 Å². The first-order valence-electron chi connectivity index (χ1n) is 6.83. The van der Waals surface area contributed by atoms with E-state index in [1.165, 1.54) is 0 Å². The molecule has 0 aliphatic carbocycles. The van der Waals surface area contributed by atoms with Crippen molar-refractivity contribution < 1.29 is 9.53 Å². The normalized spacial score (nSPS) is 21.9. The first kappa shape index (κ1) is 14.0. The van der Waals surface area contributed by atoms with Crippen molar-refractivity contribution in [3.05, 3.63) is 35.9 Å². The number of nitrogens with one attached hydrogen (secondary N) is 1. The van der Waals surface area contributed by atoms with E-state index in [0.29, 0.717) is 13.2 Å². The third kappa shape index (κ3) is 4.33. The summed E-state index contributed by atoms with van der Waals surface area (Å²) in [6.45, 7) is 6.87. The van der Waals surface area contributed by atoms with E-state index in [1.807, 2.05) is 44.2 Å². The second-order valence-electron chi connectivity index (χ2n) is 5.12. The van der Waals surface area contributed by atoms with Crippen molar-refractivity contribution in [1.29, 1.82) is 0 Å². The molecule has 1 aromatic carbocycles. The third-order valence-corrected chi connectivity index (χ3v) is 3.37. The molecule has 1 aromatic rings. The van der Waals surface area contributed by atoms with Crippen LogP contribution >= 0.6 is 0 Å². The fourth-order valence-electron chi connectivity index (χ4n) is 2.35. The number of rotatable bonds is 4. The highest BCUT2D eigenvalue weighted by molar-refractivity contribution is 5.78. The van der Waals surface area contributed by atoms with Crippen LogP contribution in [0.2, 0.25) is 0 Å². The van der Waals surface area contributed by atoms with Gasteiger partial charge in [0.2, 0.25) is 5.91 Å². The van der Waals surface area contributed by atoms with Gasteiger partial charge in [-0.3, -0.25) is 9.69 Å². The maximum Gasteiger partial charge on any atom is 0.234 e. The van der Waals surface area contributed by atoms with E-state index in [0.717, 1.165) is 18.7 Å². The molecule has 19 heavy (non-hydrogen) atoms. The zero-order chi connectivity index (χ0) is 13.7. The molecule has 1 aliphatic rings. The number of nitrogens with zero attached hydrogens (tertiary/aromatic N) is 1. The van der Waals surface area contributed by atoms with Crippen molar-refractivity contribution >= 4 is 5.91 Å². The molecule has 0 aromatic heterocycles. The summed E-state index contributed by atoms with van der Waals surface area (Å²) < 4.78 is 5.47. The maximum atomic E-state index is 12.0. The van der Waals surface area contributed by atoms with Crippen LogP contribution in [0.15, 0.2) is 30.3 Å². The zero-order valence-corrected chi connectivity index (χ0v) is 11.6. The molecule has 104 valence electrons. The number of morpholine rings is 1. The van der Waals surface area contributed by atoms with E-state index < -0.39 is 0 Å². The lowest BCUT2D eigenvalue weighted by atomic mass is 10.1. The van der Waals surface area contributed by atoms with Crippen LogP contribution in [0.25, 0.3) is 0 Å². The van der Waals surface area contributed by atoms with Gasteiger partial charge < -0.3 is 10.1 Å². The van der Waals surface area contributed by atoms with Crippen LogP contribution < -0.4 is 5.32 Å². The lowest BCUT2D eigenvalue weighted by Gasteiger charge is -2.30. The van der Waals surface area contributed by atoms with Gasteiger partial charge in [0.05, 0.1) is 25.3 Å². The van der Waals surface area contributed by atoms with Gasteiger partial charge in [0.25, 0.3) is 0 Å². The number of benzene rings is 1. The number of carbonyl (C=O) groups excluding carboxylic acids is 1. The molecule has 4 heteroatoms.